The van der Waals surface area contributed by atoms with Crippen LogP contribution in [0.5, 0.6) is 0 Å². The predicted molar refractivity (Wildman–Crippen MR) is 74.8 cm³/mol. The molecule has 0 fully saturated rings. The van der Waals surface area contributed by atoms with Crippen LogP contribution < -0.4 is 0 Å². The first-order chi connectivity index (χ1) is 8.66. The summed E-state index contributed by atoms with van der Waals surface area (Å²) in [6.07, 6.45) is 1.37. The van der Waals surface area contributed by atoms with E-state index in [1.165, 1.54) is 6.33 Å². The van der Waals surface area contributed by atoms with Crippen molar-refractivity contribution in [3.05, 3.63) is 39.2 Å². The molecule has 18 heavy (non-hydrogen) atoms. The van der Waals surface area contributed by atoms with E-state index in [1.807, 2.05) is 18.2 Å². The van der Waals surface area contributed by atoms with Gasteiger partial charge in [0.05, 0.1) is 5.02 Å². The van der Waals surface area contributed by atoms with Crippen molar-refractivity contribution in [2.45, 2.75) is 0 Å². The predicted octanol–water partition coefficient (Wildman–Crippen LogP) is 4.09. The summed E-state index contributed by atoms with van der Waals surface area (Å²) in [5.41, 5.74) is 1.89. The molecule has 0 saturated heterocycles. The zero-order valence-corrected chi connectivity index (χ0v) is 11.9. The van der Waals surface area contributed by atoms with Gasteiger partial charge in [-0.2, -0.15) is 0 Å². The summed E-state index contributed by atoms with van der Waals surface area (Å²) in [6.45, 7) is 0. The second-order valence-corrected chi connectivity index (χ2v) is 5.14. The highest BCUT2D eigenvalue weighted by Gasteiger charge is 2.13. The minimum atomic E-state index is 0.338. The highest BCUT2D eigenvalue weighted by Crippen LogP contribution is 2.33. The highest BCUT2D eigenvalue weighted by atomic mass is 79.9. The third-order valence-electron chi connectivity index (χ3n) is 2.45. The number of hydrogen-bond donors (Lipinski definition) is 1. The van der Waals surface area contributed by atoms with Gasteiger partial charge in [-0.25, -0.2) is 15.0 Å². The van der Waals surface area contributed by atoms with E-state index in [-0.39, 0.29) is 0 Å². The van der Waals surface area contributed by atoms with E-state index >= 15 is 0 Å². The normalized spacial score (nSPS) is 11.1. The Morgan fingerprint density at radius 1 is 1.17 bits per heavy atom. The van der Waals surface area contributed by atoms with Crippen LogP contribution in [0.25, 0.3) is 22.6 Å². The van der Waals surface area contributed by atoms with Crippen LogP contribution in [-0.2, 0) is 0 Å². The molecular weight excluding hydrogens is 339 g/mol. The van der Waals surface area contributed by atoms with Gasteiger partial charge in [-0.15, -0.1) is 0 Å². The second-order valence-electron chi connectivity index (χ2n) is 3.55. The molecule has 2 heterocycles. The molecule has 90 valence electrons. The van der Waals surface area contributed by atoms with Gasteiger partial charge in [-0.05, 0) is 28.1 Å². The zero-order chi connectivity index (χ0) is 12.7. The Balaban J connectivity index is 2.26. The first-order valence-electron chi connectivity index (χ1n) is 4.97. The Labute approximate surface area is 121 Å². The maximum Gasteiger partial charge on any atom is 0.182 e. The Morgan fingerprint density at radius 2 is 2.00 bits per heavy atom. The quantitative estimate of drug-likeness (QED) is 0.677. The van der Waals surface area contributed by atoms with Gasteiger partial charge in [0, 0.05) is 10.0 Å². The number of rotatable bonds is 1. The Hall–Kier alpha value is -1.17. The van der Waals surface area contributed by atoms with Crippen LogP contribution in [0.1, 0.15) is 0 Å². The fourth-order valence-electron chi connectivity index (χ4n) is 1.61. The number of H-pyrrole nitrogens is 1. The maximum absolute atomic E-state index is 6.22. The van der Waals surface area contributed by atoms with E-state index < -0.39 is 0 Å². The number of aromatic nitrogens is 4. The smallest absolute Gasteiger partial charge is 0.182 e. The number of imidazole rings is 1. The Morgan fingerprint density at radius 3 is 2.78 bits per heavy atom. The fraction of sp³-hybridized carbons (Fsp3) is 0. The molecule has 0 spiro atoms. The summed E-state index contributed by atoms with van der Waals surface area (Å²) in [7, 11) is 0. The lowest BCUT2D eigenvalue weighted by molar-refractivity contribution is 1.20. The van der Waals surface area contributed by atoms with Gasteiger partial charge in [0.15, 0.2) is 10.8 Å². The molecule has 0 aliphatic carbocycles. The molecule has 3 rings (SSSR count). The van der Waals surface area contributed by atoms with E-state index in [4.69, 9.17) is 23.2 Å². The molecule has 7 heteroatoms. The number of nitrogens with zero attached hydrogens (tertiary/aromatic N) is 3. The molecule has 0 aliphatic rings. The molecule has 0 aliphatic heterocycles. The monoisotopic (exact) mass is 342 g/mol. The van der Waals surface area contributed by atoms with Crippen LogP contribution in [0.4, 0.5) is 0 Å². The van der Waals surface area contributed by atoms with Gasteiger partial charge in [-0.3, -0.25) is 0 Å². The minimum absolute atomic E-state index is 0.338. The summed E-state index contributed by atoms with van der Waals surface area (Å²) in [6, 6.07) is 5.61. The van der Waals surface area contributed by atoms with Crippen molar-refractivity contribution in [3.8, 4) is 11.4 Å². The number of halogens is 3. The molecular formula is C11H5BrCl2N4. The second kappa shape index (κ2) is 4.50. The van der Waals surface area contributed by atoms with Crippen LogP contribution in [0.3, 0.4) is 0 Å². The molecule has 0 bridgehead atoms. The lowest BCUT2D eigenvalue weighted by atomic mass is 10.2. The molecule has 0 radical (unpaired) electrons. The van der Waals surface area contributed by atoms with Crippen LogP contribution in [-0.4, -0.2) is 19.9 Å². The van der Waals surface area contributed by atoms with Crippen molar-refractivity contribution >= 4 is 50.3 Å². The molecule has 3 aromatic rings. The van der Waals surface area contributed by atoms with Crippen molar-refractivity contribution in [2.24, 2.45) is 0 Å². The van der Waals surface area contributed by atoms with Crippen LogP contribution in [0.15, 0.2) is 29.0 Å². The molecule has 4 nitrogen and oxygen atoms in total. The number of nitrogens with one attached hydrogen (secondary N) is 1. The van der Waals surface area contributed by atoms with E-state index in [2.05, 4.69) is 35.9 Å². The van der Waals surface area contributed by atoms with E-state index in [0.29, 0.717) is 27.2 Å². The van der Waals surface area contributed by atoms with Gasteiger partial charge in [-0.1, -0.05) is 29.3 Å². The lowest BCUT2D eigenvalue weighted by Crippen LogP contribution is -1.82. The molecule has 0 saturated carbocycles. The molecule has 2 aromatic heterocycles. The fourth-order valence-corrected chi connectivity index (χ4v) is 2.37. The minimum Gasteiger partial charge on any atom is -0.334 e. The number of hydrogen-bond acceptors (Lipinski definition) is 3. The standard InChI is InChI=1S/C11H5BrCl2N4/c12-6-3-1-2-5(7(6)13)10-17-8-9(14)15-4-16-11(8)18-10/h1-4H,(H,15,16,17,18). The molecule has 1 N–H and O–H groups in total. The Bertz CT molecular complexity index is 741. The van der Waals surface area contributed by atoms with Gasteiger partial charge < -0.3 is 4.98 Å². The molecule has 1 aromatic carbocycles. The summed E-state index contributed by atoms with van der Waals surface area (Å²) in [5, 5.41) is 0.922. The maximum atomic E-state index is 6.22. The van der Waals surface area contributed by atoms with Crippen molar-refractivity contribution in [3.63, 3.8) is 0 Å². The largest absolute Gasteiger partial charge is 0.334 e. The van der Waals surface area contributed by atoms with Crippen molar-refractivity contribution in [2.75, 3.05) is 0 Å². The zero-order valence-electron chi connectivity index (χ0n) is 8.78. The summed E-state index contributed by atoms with van der Waals surface area (Å²) in [5.74, 6) is 0.610. The summed E-state index contributed by atoms with van der Waals surface area (Å²) >= 11 is 15.6. The van der Waals surface area contributed by atoms with E-state index in [9.17, 15) is 0 Å². The molecule has 0 unspecified atom stereocenters. The number of aromatic amines is 1. The van der Waals surface area contributed by atoms with E-state index in [0.717, 1.165) is 10.0 Å². The van der Waals surface area contributed by atoms with Gasteiger partial charge in [0.2, 0.25) is 0 Å². The third-order valence-corrected chi connectivity index (χ3v) is 4.03. The first-order valence-corrected chi connectivity index (χ1v) is 6.52. The van der Waals surface area contributed by atoms with Crippen molar-refractivity contribution in [1.82, 2.24) is 19.9 Å². The highest BCUT2D eigenvalue weighted by molar-refractivity contribution is 9.10. The van der Waals surface area contributed by atoms with Crippen molar-refractivity contribution in [1.29, 1.82) is 0 Å². The SMILES string of the molecule is Clc1c(Br)cccc1-c1nc2ncnc(Cl)c2[nH]1. The van der Waals surface area contributed by atoms with Crippen LogP contribution in [0, 0.1) is 0 Å². The average molecular weight is 344 g/mol. The number of fused-ring (bicyclic) bond motifs is 1. The van der Waals surface area contributed by atoms with Gasteiger partial charge in [0.1, 0.15) is 17.7 Å². The van der Waals surface area contributed by atoms with Gasteiger partial charge >= 0.3 is 0 Å². The van der Waals surface area contributed by atoms with Crippen LogP contribution in [0.2, 0.25) is 10.2 Å². The van der Waals surface area contributed by atoms with Gasteiger partial charge in [0.25, 0.3) is 0 Å². The average Bonchev–Trinajstić information content (AvgIpc) is 2.78. The topological polar surface area (TPSA) is 54.5 Å². The van der Waals surface area contributed by atoms with Crippen molar-refractivity contribution < 1.29 is 0 Å². The molecule has 0 atom stereocenters. The first kappa shape index (κ1) is 11.9. The third kappa shape index (κ3) is 1.88. The number of benzene rings is 1. The molecule has 0 amide bonds. The van der Waals surface area contributed by atoms with E-state index in [1.54, 1.807) is 0 Å². The van der Waals surface area contributed by atoms with Crippen LogP contribution >= 0.6 is 39.1 Å². The summed E-state index contributed by atoms with van der Waals surface area (Å²) < 4.78 is 0.805. The lowest BCUT2D eigenvalue weighted by Gasteiger charge is -2.01. The summed E-state index contributed by atoms with van der Waals surface area (Å²) in [4.78, 5) is 15.4. The Kier molecular flexibility index (Phi) is 2.97.